The number of benzene rings is 1. The van der Waals surface area contributed by atoms with Gasteiger partial charge in [0.2, 0.25) is 0 Å². The van der Waals surface area contributed by atoms with Crippen molar-refractivity contribution in [1.82, 2.24) is 5.32 Å². The molecule has 1 aromatic carbocycles. The first-order valence-corrected chi connectivity index (χ1v) is 7.37. The fourth-order valence-corrected chi connectivity index (χ4v) is 3.27. The zero-order valence-electron chi connectivity index (χ0n) is 12.1. The molecule has 0 saturated heterocycles. The third kappa shape index (κ3) is 3.14. The minimum Gasteiger partial charge on any atom is -0.493 e. The van der Waals surface area contributed by atoms with Crippen molar-refractivity contribution in [3.8, 4) is 5.75 Å². The van der Waals surface area contributed by atoms with E-state index in [1.807, 2.05) is 31.3 Å². The minimum absolute atomic E-state index is 0.00328. The highest BCUT2D eigenvalue weighted by Crippen LogP contribution is 2.37. The van der Waals surface area contributed by atoms with E-state index in [-0.39, 0.29) is 18.8 Å². The van der Waals surface area contributed by atoms with Gasteiger partial charge in [0.25, 0.3) is 0 Å². The Balaban J connectivity index is 1.89. The van der Waals surface area contributed by atoms with Crippen molar-refractivity contribution in [2.75, 3.05) is 20.3 Å². The van der Waals surface area contributed by atoms with Crippen LogP contribution in [0.2, 0.25) is 0 Å². The SMILES string of the molecule is CNC1(CO)CCCC1CCOc1ccccc1CO. The third-order valence-electron chi connectivity index (χ3n) is 4.60. The number of hydrogen-bond donors (Lipinski definition) is 3. The molecule has 1 aromatic rings. The third-order valence-corrected chi connectivity index (χ3v) is 4.60. The molecule has 0 aromatic heterocycles. The summed E-state index contributed by atoms with van der Waals surface area (Å²) < 4.78 is 5.80. The van der Waals surface area contributed by atoms with Crippen LogP contribution in [0.25, 0.3) is 0 Å². The molecule has 3 N–H and O–H groups in total. The summed E-state index contributed by atoms with van der Waals surface area (Å²) in [5.74, 6) is 1.20. The number of ether oxygens (including phenoxy) is 1. The number of hydrogen-bond acceptors (Lipinski definition) is 4. The Bertz CT molecular complexity index is 418. The van der Waals surface area contributed by atoms with Gasteiger partial charge in [-0.25, -0.2) is 0 Å². The smallest absolute Gasteiger partial charge is 0.124 e. The van der Waals surface area contributed by atoms with E-state index in [0.717, 1.165) is 37.0 Å². The van der Waals surface area contributed by atoms with E-state index < -0.39 is 0 Å². The van der Waals surface area contributed by atoms with E-state index in [4.69, 9.17) is 4.74 Å². The molecular formula is C16H25NO3. The Morgan fingerprint density at radius 1 is 1.35 bits per heavy atom. The van der Waals surface area contributed by atoms with Gasteiger partial charge in [0.15, 0.2) is 0 Å². The summed E-state index contributed by atoms with van der Waals surface area (Å²) in [5, 5.41) is 22.2. The molecule has 4 heteroatoms. The highest BCUT2D eigenvalue weighted by atomic mass is 16.5. The Morgan fingerprint density at radius 2 is 2.15 bits per heavy atom. The fraction of sp³-hybridized carbons (Fsp3) is 0.625. The minimum atomic E-state index is -0.139. The number of likely N-dealkylation sites (N-methyl/N-ethyl adjacent to an activating group) is 1. The largest absolute Gasteiger partial charge is 0.493 e. The molecular weight excluding hydrogens is 254 g/mol. The Kier molecular flexibility index (Phi) is 5.40. The lowest BCUT2D eigenvalue weighted by molar-refractivity contribution is 0.116. The summed E-state index contributed by atoms with van der Waals surface area (Å²) in [6, 6.07) is 7.57. The van der Waals surface area contributed by atoms with Crippen LogP contribution < -0.4 is 10.1 Å². The lowest BCUT2D eigenvalue weighted by Crippen LogP contribution is -2.49. The number of rotatable bonds is 7. The van der Waals surface area contributed by atoms with Crippen LogP contribution in [0.4, 0.5) is 0 Å². The second-order valence-corrected chi connectivity index (χ2v) is 5.56. The second kappa shape index (κ2) is 7.07. The average molecular weight is 279 g/mol. The molecule has 2 rings (SSSR count). The summed E-state index contributed by atoms with van der Waals surface area (Å²) in [4.78, 5) is 0. The standard InChI is InChI=1S/C16H25NO3/c1-17-16(12-19)9-4-6-14(16)8-10-20-15-7-3-2-5-13(15)11-18/h2-3,5,7,14,17-19H,4,6,8-12H2,1H3. The number of nitrogens with one attached hydrogen (secondary N) is 1. The van der Waals surface area contributed by atoms with Crippen LogP contribution in [-0.2, 0) is 6.61 Å². The van der Waals surface area contributed by atoms with Crippen molar-refractivity contribution in [2.45, 2.75) is 37.8 Å². The van der Waals surface area contributed by atoms with Crippen LogP contribution in [0.15, 0.2) is 24.3 Å². The lowest BCUT2D eigenvalue weighted by atomic mass is 9.86. The molecule has 20 heavy (non-hydrogen) atoms. The molecule has 2 unspecified atom stereocenters. The van der Waals surface area contributed by atoms with Gasteiger partial charge in [-0.1, -0.05) is 24.6 Å². The maximum absolute atomic E-state index is 9.65. The van der Waals surface area contributed by atoms with E-state index in [0.29, 0.717) is 12.5 Å². The summed E-state index contributed by atoms with van der Waals surface area (Å²) in [6.45, 7) is 0.795. The summed E-state index contributed by atoms with van der Waals surface area (Å²) >= 11 is 0. The van der Waals surface area contributed by atoms with Gasteiger partial charge in [0, 0.05) is 11.1 Å². The van der Waals surface area contributed by atoms with Crippen molar-refractivity contribution in [2.24, 2.45) is 5.92 Å². The number of para-hydroxylation sites is 1. The van der Waals surface area contributed by atoms with Gasteiger partial charge in [-0.05, 0) is 38.3 Å². The Labute approximate surface area is 120 Å². The van der Waals surface area contributed by atoms with Gasteiger partial charge in [0.05, 0.1) is 19.8 Å². The molecule has 0 spiro atoms. The Hall–Kier alpha value is -1.10. The van der Waals surface area contributed by atoms with Crippen molar-refractivity contribution >= 4 is 0 Å². The number of aliphatic hydroxyl groups is 2. The summed E-state index contributed by atoms with van der Waals surface area (Å²) in [7, 11) is 1.93. The molecule has 0 heterocycles. The molecule has 0 radical (unpaired) electrons. The molecule has 1 fully saturated rings. The topological polar surface area (TPSA) is 61.7 Å². The molecule has 1 aliphatic rings. The van der Waals surface area contributed by atoms with Crippen LogP contribution >= 0.6 is 0 Å². The summed E-state index contributed by atoms with van der Waals surface area (Å²) in [5.41, 5.74) is 0.681. The van der Waals surface area contributed by atoms with Gasteiger partial charge >= 0.3 is 0 Å². The first-order valence-electron chi connectivity index (χ1n) is 7.37. The maximum atomic E-state index is 9.65. The molecule has 0 amide bonds. The lowest BCUT2D eigenvalue weighted by Gasteiger charge is -2.33. The van der Waals surface area contributed by atoms with Gasteiger partial charge in [0.1, 0.15) is 5.75 Å². The highest BCUT2D eigenvalue weighted by molar-refractivity contribution is 5.32. The molecule has 0 bridgehead atoms. The molecule has 0 aliphatic heterocycles. The first-order chi connectivity index (χ1) is 9.75. The fourth-order valence-electron chi connectivity index (χ4n) is 3.27. The van der Waals surface area contributed by atoms with E-state index in [1.165, 1.54) is 0 Å². The molecule has 2 atom stereocenters. The van der Waals surface area contributed by atoms with Crippen LogP contribution in [0, 0.1) is 5.92 Å². The molecule has 1 aliphatic carbocycles. The van der Waals surface area contributed by atoms with Crippen LogP contribution in [0.1, 0.15) is 31.2 Å². The van der Waals surface area contributed by atoms with Crippen molar-refractivity contribution in [3.05, 3.63) is 29.8 Å². The molecule has 1 saturated carbocycles. The normalized spacial score (nSPS) is 25.9. The van der Waals surface area contributed by atoms with Gasteiger partial charge < -0.3 is 20.3 Å². The van der Waals surface area contributed by atoms with E-state index in [2.05, 4.69) is 5.32 Å². The van der Waals surface area contributed by atoms with E-state index in [9.17, 15) is 10.2 Å². The van der Waals surface area contributed by atoms with Crippen molar-refractivity contribution < 1.29 is 14.9 Å². The monoisotopic (exact) mass is 279 g/mol. The number of aliphatic hydroxyl groups excluding tert-OH is 2. The van der Waals surface area contributed by atoms with Gasteiger partial charge in [-0.2, -0.15) is 0 Å². The molecule has 112 valence electrons. The summed E-state index contributed by atoms with van der Waals surface area (Å²) in [6.07, 6.45) is 4.23. The highest BCUT2D eigenvalue weighted by Gasteiger charge is 2.40. The van der Waals surface area contributed by atoms with Gasteiger partial charge in [-0.3, -0.25) is 0 Å². The predicted octanol–water partition coefficient (Wildman–Crippen LogP) is 1.70. The van der Waals surface area contributed by atoms with Crippen LogP contribution in [0.5, 0.6) is 5.75 Å². The van der Waals surface area contributed by atoms with Crippen molar-refractivity contribution in [3.63, 3.8) is 0 Å². The maximum Gasteiger partial charge on any atom is 0.124 e. The second-order valence-electron chi connectivity index (χ2n) is 5.56. The first kappa shape index (κ1) is 15.3. The quantitative estimate of drug-likeness (QED) is 0.711. The average Bonchev–Trinajstić information content (AvgIpc) is 2.91. The Morgan fingerprint density at radius 3 is 2.85 bits per heavy atom. The zero-order chi connectivity index (χ0) is 14.4. The zero-order valence-corrected chi connectivity index (χ0v) is 12.1. The van der Waals surface area contributed by atoms with Crippen molar-refractivity contribution in [1.29, 1.82) is 0 Å². The molecule has 4 nitrogen and oxygen atoms in total. The van der Waals surface area contributed by atoms with Gasteiger partial charge in [-0.15, -0.1) is 0 Å². The van der Waals surface area contributed by atoms with Crippen LogP contribution in [-0.4, -0.2) is 36.0 Å². The van der Waals surface area contributed by atoms with Crippen LogP contribution in [0.3, 0.4) is 0 Å². The van der Waals surface area contributed by atoms with E-state index >= 15 is 0 Å². The predicted molar refractivity (Wildman–Crippen MR) is 78.7 cm³/mol. The van der Waals surface area contributed by atoms with E-state index in [1.54, 1.807) is 0 Å².